The standard InChI is InChI=1S/C28H39N3O3/c1-19(2)34-23-10-8-21(18-20(23)3)26(33)30-14-12-28(13-15-30)24-11-9-22(25(32)27(4,5)6)31(24)17-16-29(28)7/h8-11,18-19H,12-17H2,1-7H3. The number of aromatic nitrogens is 1. The number of amides is 1. The first-order valence-electron chi connectivity index (χ1n) is 12.5. The van der Waals surface area contributed by atoms with Gasteiger partial charge in [0.05, 0.1) is 17.3 Å². The lowest BCUT2D eigenvalue weighted by Crippen LogP contribution is -2.56. The van der Waals surface area contributed by atoms with Crippen LogP contribution in [-0.4, -0.2) is 58.8 Å². The quantitative estimate of drug-likeness (QED) is 0.604. The number of carbonyl (C=O) groups excluding carboxylic acids is 2. The number of nitrogens with zero attached hydrogens (tertiary/aromatic N) is 3. The summed E-state index contributed by atoms with van der Waals surface area (Å²) < 4.78 is 8.07. The van der Waals surface area contributed by atoms with Crippen molar-refractivity contribution in [3.05, 3.63) is 52.8 Å². The Kier molecular flexibility index (Phi) is 6.40. The van der Waals surface area contributed by atoms with Gasteiger partial charge in [0, 0.05) is 42.9 Å². The molecular weight excluding hydrogens is 426 g/mol. The molecule has 0 unspecified atom stereocenters. The van der Waals surface area contributed by atoms with Crippen LogP contribution in [-0.2, 0) is 12.1 Å². The minimum Gasteiger partial charge on any atom is -0.491 e. The second kappa shape index (κ2) is 8.88. The number of ketones is 1. The smallest absolute Gasteiger partial charge is 0.253 e. The van der Waals surface area contributed by atoms with Crippen molar-refractivity contribution in [2.45, 2.75) is 72.6 Å². The lowest BCUT2D eigenvalue weighted by molar-refractivity contribution is 0.0126. The molecule has 1 fully saturated rings. The Labute approximate surface area is 203 Å². The molecule has 1 aromatic heterocycles. The summed E-state index contributed by atoms with van der Waals surface area (Å²) in [5.41, 5.74) is 3.17. The average molecular weight is 466 g/mol. The molecule has 6 nitrogen and oxygen atoms in total. The molecular formula is C28H39N3O3. The highest BCUT2D eigenvalue weighted by Crippen LogP contribution is 2.42. The van der Waals surface area contributed by atoms with Crippen LogP contribution in [0.3, 0.4) is 0 Å². The number of Topliss-reactive ketones (excluding diaryl/α,β-unsaturated/α-hetero) is 1. The minimum absolute atomic E-state index is 0.0755. The number of hydrogen-bond acceptors (Lipinski definition) is 4. The predicted molar refractivity (Wildman–Crippen MR) is 135 cm³/mol. The molecule has 34 heavy (non-hydrogen) atoms. The first-order valence-corrected chi connectivity index (χ1v) is 12.5. The second-order valence-corrected chi connectivity index (χ2v) is 11.2. The van der Waals surface area contributed by atoms with Crippen molar-refractivity contribution in [1.29, 1.82) is 0 Å². The SMILES string of the molecule is Cc1cc(C(=O)N2CCC3(CC2)c2ccc(C(=O)C(C)(C)C)n2CCN3C)ccc1OC(C)C. The van der Waals surface area contributed by atoms with Gasteiger partial charge in [0.25, 0.3) is 5.91 Å². The first-order chi connectivity index (χ1) is 15.9. The molecule has 2 aliphatic rings. The van der Waals surface area contributed by atoms with Gasteiger partial charge in [-0.15, -0.1) is 0 Å². The molecule has 1 amide bonds. The van der Waals surface area contributed by atoms with Crippen LogP contribution in [0.2, 0.25) is 0 Å². The highest BCUT2D eigenvalue weighted by atomic mass is 16.5. The van der Waals surface area contributed by atoms with Crippen LogP contribution in [0.5, 0.6) is 5.75 Å². The molecule has 2 aromatic rings. The predicted octanol–water partition coefficient (Wildman–Crippen LogP) is 4.89. The third-order valence-corrected chi connectivity index (χ3v) is 7.42. The van der Waals surface area contributed by atoms with E-state index in [1.807, 2.05) is 70.7 Å². The van der Waals surface area contributed by atoms with Gasteiger partial charge in [-0.3, -0.25) is 14.5 Å². The number of benzene rings is 1. The topological polar surface area (TPSA) is 54.8 Å². The Morgan fingerprint density at radius 3 is 2.26 bits per heavy atom. The normalized spacial score (nSPS) is 18.3. The molecule has 184 valence electrons. The summed E-state index contributed by atoms with van der Waals surface area (Å²) in [6, 6.07) is 9.86. The van der Waals surface area contributed by atoms with Gasteiger partial charge in [0.2, 0.25) is 0 Å². The molecule has 1 spiro atoms. The second-order valence-electron chi connectivity index (χ2n) is 11.2. The van der Waals surface area contributed by atoms with E-state index in [9.17, 15) is 9.59 Å². The third kappa shape index (κ3) is 4.28. The number of carbonyl (C=O) groups is 2. The van der Waals surface area contributed by atoms with Crippen molar-refractivity contribution in [1.82, 2.24) is 14.4 Å². The molecule has 2 aliphatic heterocycles. The van der Waals surface area contributed by atoms with Crippen LogP contribution in [0.25, 0.3) is 0 Å². The van der Waals surface area contributed by atoms with E-state index < -0.39 is 5.41 Å². The van der Waals surface area contributed by atoms with Crippen molar-refractivity contribution in [3.8, 4) is 5.75 Å². The molecule has 0 atom stereocenters. The summed E-state index contributed by atoms with van der Waals surface area (Å²) in [5, 5.41) is 0. The number of rotatable bonds is 4. The lowest BCUT2D eigenvalue weighted by Gasteiger charge is -2.50. The molecule has 0 bridgehead atoms. The lowest BCUT2D eigenvalue weighted by atomic mass is 9.81. The van der Waals surface area contributed by atoms with E-state index in [0.29, 0.717) is 18.7 Å². The highest BCUT2D eigenvalue weighted by molar-refractivity contribution is 5.98. The number of likely N-dealkylation sites (tertiary alicyclic amines) is 1. The maximum atomic E-state index is 13.3. The molecule has 0 aliphatic carbocycles. The van der Waals surface area contributed by atoms with Crippen molar-refractivity contribution in [2.75, 3.05) is 26.7 Å². The zero-order chi connectivity index (χ0) is 24.8. The molecule has 0 radical (unpaired) electrons. The Hall–Kier alpha value is -2.60. The van der Waals surface area contributed by atoms with Gasteiger partial charge in [-0.1, -0.05) is 20.8 Å². The van der Waals surface area contributed by atoms with E-state index in [2.05, 4.69) is 22.6 Å². The number of likely N-dealkylation sites (N-methyl/N-ethyl adjacent to an activating group) is 1. The fraction of sp³-hybridized carbons (Fsp3) is 0.571. The molecule has 6 heteroatoms. The molecule has 1 aromatic carbocycles. The van der Waals surface area contributed by atoms with Gasteiger partial charge >= 0.3 is 0 Å². The Morgan fingerprint density at radius 1 is 1.00 bits per heavy atom. The van der Waals surface area contributed by atoms with Crippen molar-refractivity contribution in [3.63, 3.8) is 0 Å². The highest BCUT2D eigenvalue weighted by Gasteiger charge is 2.45. The van der Waals surface area contributed by atoms with Crippen LogP contribution in [0.15, 0.2) is 30.3 Å². The third-order valence-electron chi connectivity index (χ3n) is 7.42. The number of aryl methyl sites for hydroxylation is 1. The summed E-state index contributed by atoms with van der Waals surface area (Å²) in [5.74, 6) is 1.09. The number of fused-ring (bicyclic) bond motifs is 2. The van der Waals surface area contributed by atoms with E-state index in [4.69, 9.17) is 4.74 Å². The molecule has 4 rings (SSSR count). The summed E-state index contributed by atoms with van der Waals surface area (Å²) in [6.45, 7) is 15.0. The number of hydrogen-bond donors (Lipinski definition) is 0. The van der Waals surface area contributed by atoms with Crippen LogP contribution in [0.4, 0.5) is 0 Å². The monoisotopic (exact) mass is 465 g/mol. The van der Waals surface area contributed by atoms with Gasteiger partial charge in [-0.2, -0.15) is 0 Å². The van der Waals surface area contributed by atoms with Crippen LogP contribution in [0.1, 0.15) is 79.6 Å². The summed E-state index contributed by atoms with van der Waals surface area (Å²) >= 11 is 0. The zero-order valence-electron chi connectivity index (χ0n) is 21.8. The van der Waals surface area contributed by atoms with Gasteiger partial charge in [0.15, 0.2) is 5.78 Å². The maximum Gasteiger partial charge on any atom is 0.253 e. The van der Waals surface area contributed by atoms with Gasteiger partial charge < -0.3 is 14.2 Å². The van der Waals surface area contributed by atoms with Crippen LogP contribution < -0.4 is 4.74 Å². The Morgan fingerprint density at radius 2 is 1.68 bits per heavy atom. The first kappa shape index (κ1) is 24.5. The fourth-order valence-corrected chi connectivity index (χ4v) is 5.43. The minimum atomic E-state index is -0.407. The van der Waals surface area contributed by atoms with E-state index >= 15 is 0 Å². The van der Waals surface area contributed by atoms with Crippen molar-refractivity contribution in [2.24, 2.45) is 5.41 Å². The van der Waals surface area contributed by atoms with E-state index in [-0.39, 0.29) is 23.3 Å². The zero-order valence-corrected chi connectivity index (χ0v) is 21.8. The fourth-order valence-electron chi connectivity index (χ4n) is 5.43. The maximum absolute atomic E-state index is 13.3. The van der Waals surface area contributed by atoms with Gasteiger partial charge in [0.1, 0.15) is 5.75 Å². The average Bonchev–Trinajstić information content (AvgIpc) is 3.21. The molecule has 1 saturated heterocycles. The largest absolute Gasteiger partial charge is 0.491 e. The number of piperidine rings is 1. The Balaban J connectivity index is 1.53. The van der Waals surface area contributed by atoms with Crippen molar-refractivity contribution < 1.29 is 14.3 Å². The Bertz CT molecular complexity index is 1080. The van der Waals surface area contributed by atoms with E-state index in [1.165, 1.54) is 5.69 Å². The van der Waals surface area contributed by atoms with E-state index in [1.54, 1.807) is 0 Å². The van der Waals surface area contributed by atoms with Crippen LogP contribution in [0, 0.1) is 12.3 Å². The summed E-state index contributed by atoms with van der Waals surface area (Å²) in [4.78, 5) is 30.8. The molecule has 0 N–H and O–H groups in total. The van der Waals surface area contributed by atoms with Crippen LogP contribution >= 0.6 is 0 Å². The van der Waals surface area contributed by atoms with Gasteiger partial charge in [-0.05, 0) is 76.6 Å². The van der Waals surface area contributed by atoms with Gasteiger partial charge in [-0.25, -0.2) is 0 Å². The van der Waals surface area contributed by atoms with Crippen molar-refractivity contribution >= 4 is 11.7 Å². The number of ether oxygens (including phenoxy) is 1. The summed E-state index contributed by atoms with van der Waals surface area (Å²) in [7, 11) is 2.18. The summed E-state index contributed by atoms with van der Waals surface area (Å²) in [6.07, 6.45) is 1.82. The molecule has 3 heterocycles. The van der Waals surface area contributed by atoms with E-state index in [0.717, 1.165) is 42.9 Å². The molecule has 0 saturated carbocycles.